The van der Waals surface area contributed by atoms with Crippen molar-refractivity contribution in [2.45, 2.75) is 26.9 Å². The first-order valence-corrected chi connectivity index (χ1v) is 12.2. The molecule has 0 aliphatic rings. The fraction of sp³-hybridized carbons (Fsp3) is 0.269. The molecule has 7 heteroatoms. The number of anilines is 1. The van der Waals surface area contributed by atoms with Gasteiger partial charge >= 0.3 is 6.03 Å². The number of ether oxygens (including phenoxy) is 1. The molecule has 0 fully saturated rings. The Morgan fingerprint density at radius 1 is 1.18 bits per heavy atom. The molecular weight excluding hydrogens is 454 g/mol. The number of nitrogens with one attached hydrogen (secondary N) is 1. The summed E-state index contributed by atoms with van der Waals surface area (Å²) < 4.78 is 7.66. The van der Waals surface area contributed by atoms with Gasteiger partial charge in [0, 0.05) is 47.4 Å². The second kappa shape index (κ2) is 10.4. The van der Waals surface area contributed by atoms with E-state index in [-0.39, 0.29) is 6.03 Å². The number of para-hydroxylation sites is 1. The number of hydrogen-bond acceptors (Lipinski definition) is 3. The van der Waals surface area contributed by atoms with E-state index in [1.54, 1.807) is 24.5 Å². The Kier molecular flexibility index (Phi) is 7.38. The molecule has 33 heavy (non-hydrogen) atoms. The molecule has 4 rings (SSSR count). The van der Waals surface area contributed by atoms with Crippen molar-refractivity contribution in [1.82, 2.24) is 9.47 Å². The normalized spacial score (nSPS) is 11.2. The Morgan fingerprint density at radius 2 is 2.00 bits per heavy atom. The fourth-order valence-corrected chi connectivity index (χ4v) is 5.10. The molecule has 0 aliphatic carbocycles. The van der Waals surface area contributed by atoms with Gasteiger partial charge < -0.3 is 19.5 Å². The number of benzene rings is 2. The van der Waals surface area contributed by atoms with Crippen molar-refractivity contribution < 1.29 is 9.53 Å². The number of nitrogens with zero attached hydrogens (tertiary/aromatic N) is 2. The van der Waals surface area contributed by atoms with Gasteiger partial charge in [0.2, 0.25) is 0 Å². The predicted octanol–water partition coefficient (Wildman–Crippen LogP) is 7.03. The summed E-state index contributed by atoms with van der Waals surface area (Å²) >= 11 is 7.88. The highest BCUT2D eigenvalue weighted by Gasteiger charge is 2.23. The number of hydrogen-bond donors (Lipinski definition) is 1. The number of aromatic nitrogens is 1. The zero-order valence-corrected chi connectivity index (χ0v) is 20.7. The van der Waals surface area contributed by atoms with Crippen LogP contribution in [0.1, 0.15) is 18.1 Å². The van der Waals surface area contributed by atoms with Crippen molar-refractivity contribution in [2.24, 2.45) is 0 Å². The highest BCUT2D eigenvalue weighted by atomic mass is 35.5. The SMILES string of the molecule is CCn1c(-c2cccs2)c(CN(CCOC)C(=O)Nc2cc(Cl)ccc2C)c2ccccc21. The number of amides is 2. The number of carbonyl (C=O) groups excluding carboxylic acids is 1. The maximum absolute atomic E-state index is 13.4. The maximum Gasteiger partial charge on any atom is 0.322 e. The average Bonchev–Trinajstić information content (AvgIpc) is 3.45. The van der Waals surface area contributed by atoms with Crippen LogP contribution in [0.15, 0.2) is 60.0 Å². The largest absolute Gasteiger partial charge is 0.383 e. The Hall–Kier alpha value is -2.80. The van der Waals surface area contributed by atoms with Crippen LogP contribution in [0, 0.1) is 6.92 Å². The lowest BCUT2D eigenvalue weighted by Gasteiger charge is -2.24. The van der Waals surface area contributed by atoms with Gasteiger partial charge in [-0.25, -0.2) is 4.79 Å². The molecule has 0 unspecified atom stereocenters. The van der Waals surface area contributed by atoms with Crippen LogP contribution in [0.5, 0.6) is 0 Å². The first-order valence-electron chi connectivity index (χ1n) is 11.0. The Bertz CT molecular complexity index is 1250. The highest BCUT2D eigenvalue weighted by Crippen LogP contribution is 2.37. The van der Waals surface area contributed by atoms with Crippen LogP contribution >= 0.6 is 22.9 Å². The molecule has 2 aromatic carbocycles. The summed E-state index contributed by atoms with van der Waals surface area (Å²) in [4.78, 5) is 16.4. The van der Waals surface area contributed by atoms with E-state index in [0.717, 1.165) is 23.1 Å². The van der Waals surface area contributed by atoms with Crippen molar-refractivity contribution in [1.29, 1.82) is 0 Å². The van der Waals surface area contributed by atoms with E-state index in [0.29, 0.717) is 30.4 Å². The molecule has 0 bridgehead atoms. The van der Waals surface area contributed by atoms with Crippen LogP contribution in [0.3, 0.4) is 0 Å². The number of methoxy groups -OCH3 is 1. The van der Waals surface area contributed by atoms with Crippen LogP contribution in [0.4, 0.5) is 10.5 Å². The third-order valence-electron chi connectivity index (χ3n) is 5.79. The molecule has 4 aromatic rings. The quantitative estimate of drug-likeness (QED) is 0.293. The van der Waals surface area contributed by atoms with Crippen molar-refractivity contribution >= 4 is 45.6 Å². The topological polar surface area (TPSA) is 46.5 Å². The molecule has 0 atom stereocenters. The Balaban J connectivity index is 1.75. The van der Waals surface area contributed by atoms with Gasteiger partial charge in [0.05, 0.1) is 23.7 Å². The molecular formula is C26H28ClN3O2S. The molecule has 2 amide bonds. The fourth-order valence-electron chi connectivity index (χ4n) is 4.13. The summed E-state index contributed by atoms with van der Waals surface area (Å²) in [6, 6.07) is 17.9. The van der Waals surface area contributed by atoms with E-state index in [4.69, 9.17) is 16.3 Å². The summed E-state index contributed by atoms with van der Waals surface area (Å²) in [5.74, 6) is 0. The second-order valence-electron chi connectivity index (χ2n) is 7.87. The van der Waals surface area contributed by atoms with E-state index in [1.807, 2.05) is 24.0 Å². The van der Waals surface area contributed by atoms with Gasteiger partial charge in [0.15, 0.2) is 0 Å². The summed E-state index contributed by atoms with van der Waals surface area (Å²) in [7, 11) is 1.65. The zero-order chi connectivity index (χ0) is 23.4. The molecule has 2 aromatic heterocycles. The Morgan fingerprint density at radius 3 is 2.73 bits per heavy atom. The third kappa shape index (κ3) is 4.93. The minimum Gasteiger partial charge on any atom is -0.383 e. The number of fused-ring (bicyclic) bond motifs is 1. The van der Waals surface area contributed by atoms with E-state index in [9.17, 15) is 4.79 Å². The molecule has 5 nitrogen and oxygen atoms in total. The molecule has 0 spiro atoms. The lowest BCUT2D eigenvalue weighted by atomic mass is 10.1. The number of carbonyl (C=O) groups is 1. The first-order chi connectivity index (χ1) is 16.0. The molecule has 2 heterocycles. The van der Waals surface area contributed by atoms with Crippen LogP contribution in [-0.2, 0) is 17.8 Å². The summed E-state index contributed by atoms with van der Waals surface area (Å²) in [5, 5.41) is 6.89. The Labute approximate surface area is 203 Å². The summed E-state index contributed by atoms with van der Waals surface area (Å²) in [5.41, 5.74) is 5.16. The average molecular weight is 482 g/mol. The summed E-state index contributed by atoms with van der Waals surface area (Å²) in [6.45, 7) is 6.34. The van der Waals surface area contributed by atoms with Gasteiger partial charge in [-0.1, -0.05) is 41.9 Å². The number of halogens is 1. The molecule has 0 aliphatic heterocycles. The minimum atomic E-state index is -0.178. The van der Waals surface area contributed by atoms with Gasteiger partial charge in [-0.05, 0) is 49.1 Å². The second-order valence-corrected chi connectivity index (χ2v) is 9.25. The van der Waals surface area contributed by atoms with Gasteiger partial charge in [-0.15, -0.1) is 11.3 Å². The van der Waals surface area contributed by atoms with Gasteiger partial charge in [0.1, 0.15) is 0 Å². The third-order valence-corrected chi connectivity index (χ3v) is 6.90. The van der Waals surface area contributed by atoms with Crippen molar-refractivity contribution in [2.75, 3.05) is 25.6 Å². The van der Waals surface area contributed by atoms with Crippen LogP contribution in [0.25, 0.3) is 21.5 Å². The van der Waals surface area contributed by atoms with Crippen LogP contribution in [-0.4, -0.2) is 35.8 Å². The minimum absolute atomic E-state index is 0.178. The molecule has 172 valence electrons. The van der Waals surface area contributed by atoms with E-state index >= 15 is 0 Å². The van der Waals surface area contributed by atoms with Crippen molar-refractivity contribution in [3.05, 3.63) is 76.1 Å². The number of aryl methyl sites for hydroxylation is 2. The van der Waals surface area contributed by atoms with Gasteiger partial charge in [-0.2, -0.15) is 0 Å². The monoisotopic (exact) mass is 481 g/mol. The smallest absolute Gasteiger partial charge is 0.322 e. The number of urea groups is 1. The van der Waals surface area contributed by atoms with Gasteiger partial charge in [-0.3, -0.25) is 0 Å². The van der Waals surface area contributed by atoms with Gasteiger partial charge in [0.25, 0.3) is 0 Å². The molecule has 0 saturated carbocycles. The highest BCUT2D eigenvalue weighted by molar-refractivity contribution is 7.13. The molecule has 0 radical (unpaired) electrons. The van der Waals surface area contributed by atoms with Crippen molar-refractivity contribution in [3.8, 4) is 10.6 Å². The zero-order valence-electron chi connectivity index (χ0n) is 19.1. The lowest BCUT2D eigenvalue weighted by molar-refractivity contribution is 0.153. The maximum atomic E-state index is 13.4. The predicted molar refractivity (Wildman–Crippen MR) is 138 cm³/mol. The van der Waals surface area contributed by atoms with E-state index < -0.39 is 0 Å². The van der Waals surface area contributed by atoms with Crippen molar-refractivity contribution in [3.63, 3.8) is 0 Å². The lowest BCUT2D eigenvalue weighted by Crippen LogP contribution is -2.37. The van der Waals surface area contributed by atoms with Crippen LogP contribution in [0.2, 0.25) is 5.02 Å². The standard InChI is InChI=1S/C26H28ClN3O2S/c1-4-30-23-9-6-5-8-20(23)21(25(30)24-10-7-15-33-24)17-29(13-14-32-3)26(31)28-22-16-19(27)12-11-18(22)2/h5-12,15-16H,4,13-14,17H2,1-3H3,(H,28,31). The van der Waals surface area contributed by atoms with Crippen LogP contribution < -0.4 is 5.32 Å². The van der Waals surface area contributed by atoms with E-state index in [2.05, 4.69) is 58.6 Å². The number of rotatable bonds is 8. The number of thiophene rings is 1. The molecule has 1 N–H and O–H groups in total. The van der Waals surface area contributed by atoms with E-state index in [1.165, 1.54) is 16.1 Å². The molecule has 0 saturated heterocycles. The summed E-state index contributed by atoms with van der Waals surface area (Å²) in [6.07, 6.45) is 0. The first kappa shape index (κ1) is 23.4.